The molecule has 6 nitrogen and oxygen atoms in total. The molecule has 0 aliphatic carbocycles. The molecule has 2 aromatic rings. The fourth-order valence-electron chi connectivity index (χ4n) is 1.67. The van der Waals surface area contributed by atoms with Crippen molar-refractivity contribution in [3.05, 3.63) is 56.4 Å². The molecular formula is C15H13BrFN3O3S. The van der Waals surface area contributed by atoms with E-state index in [0.717, 1.165) is 15.9 Å². The Morgan fingerprint density at radius 2 is 1.71 bits per heavy atom. The molecule has 0 radical (unpaired) electrons. The summed E-state index contributed by atoms with van der Waals surface area (Å²) in [5.74, 6) is -2.04. The highest BCUT2D eigenvalue weighted by Gasteiger charge is 2.18. The molecule has 2 rings (SSSR count). The van der Waals surface area contributed by atoms with Gasteiger partial charge in [-0.1, -0.05) is 0 Å². The lowest BCUT2D eigenvalue weighted by atomic mass is 10.2. The summed E-state index contributed by atoms with van der Waals surface area (Å²) < 4.78 is 13.6. The lowest BCUT2D eigenvalue weighted by molar-refractivity contribution is -0.123. The van der Waals surface area contributed by atoms with E-state index >= 15 is 0 Å². The van der Waals surface area contributed by atoms with Crippen molar-refractivity contribution >= 4 is 45.0 Å². The molecular weight excluding hydrogens is 401 g/mol. The van der Waals surface area contributed by atoms with Gasteiger partial charge in [0.1, 0.15) is 11.9 Å². The summed E-state index contributed by atoms with van der Waals surface area (Å²) in [6.07, 6.45) is 0. The topological polar surface area (TPSA) is 87.3 Å². The van der Waals surface area contributed by atoms with Gasteiger partial charge in [0.15, 0.2) is 0 Å². The first-order valence-electron chi connectivity index (χ1n) is 6.79. The molecule has 0 saturated carbocycles. The Kier molecular flexibility index (Phi) is 6.04. The van der Waals surface area contributed by atoms with Gasteiger partial charge in [0.25, 0.3) is 17.7 Å². The van der Waals surface area contributed by atoms with Gasteiger partial charge < -0.3 is 5.32 Å². The maximum atomic E-state index is 12.8. The Morgan fingerprint density at radius 3 is 2.29 bits per heavy atom. The number of hydrazine groups is 1. The van der Waals surface area contributed by atoms with Crippen LogP contribution in [0.1, 0.15) is 27.0 Å². The molecule has 0 bridgehead atoms. The number of thiophene rings is 1. The number of carbonyl (C=O) groups is 3. The highest BCUT2D eigenvalue weighted by Crippen LogP contribution is 2.21. The normalized spacial score (nSPS) is 11.5. The molecule has 1 heterocycles. The minimum absolute atomic E-state index is 0.192. The monoisotopic (exact) mass is 413 g/mol. The van der Waals surface area contributed by atoms with Crippen molar-refractivity contribution in [3.8, 4) is 0 Å². The summed E-state index contributed by atoms with van der Waals surface area (Å²) in [5.41, 5.74) is 4.60. The Morgan fingerprint density at radius 1 is 1.04 bits per heavy atom. The minimum Gasteiger partial charge on any atom is -0.340 e. The van der Waals surface area contributed by atoms with E-state index in [1.165, 1.54) is 30.4 Å². The van der Waals surface area contributed by atoms with E-state index in [-0.39, 0.29) is 5.56 Å². The number of nitrogens with one attached hydrogen (secondary N) is 3. The average molecular weight is 414 g/mol. The molecule has 9 heteroatoms. The highest BCUT2D eigenvalue weighted by molar-refractivity contribution is 9.11. The largest absolute Gasteiger partial charge is 0.340 e. The lowest BCUT2D eigenvalue weighted by Gasteiger charge is -2.14. The third kappa shape index (κ3) is 4.87. The second-order valence-corrected chi connectivity index (χ2v) is 7.21. The van der Waals surface area contributed by atoms with E-state index in [2.05, 4.69) is 32.1 Å². The molecule has 0 aliphatic rings. The molecule has 0 saturated heterocycles. The fourth-order valence-corrected chi connectivity index (χ4v) is 2.96. The molecule has 1 aromatic heterocycles. The zero-order valence-electron chi connectivity index (χ0n) is 12.4. The van der Waals surface area contributed by atoms with Crippen molar-refractivity contribution in [2.24, 2.45) is 0 Å². The standard InChI is InChI=1S/C15H13BrFN3O3S/c1-8(18-15(23)11-6-7-12(16)24-11)13(21)19-20-14(22)9-2-4-10(17)5-3-9/h2-8H,1H3,(H,18,23)(H,19,21)(H,20,22). The lowest BCUT2D eigenvalue weighted by Crippen LogP contribution is -2.51. The molecule has 0 spiro atoms. The maximum absolute atomic E-state index is 12.8. The first-order chi connectivity index (χ1) is 11.4. The van der Waals surface area contributed by atoms with Crippen molar-refractivity contribution in [2.45, 2.75) is 13.0 Å². The highest BCUT2D eigenvalue weighted by atomic mass is 79.9. The smallest absolute Gasteiger partial charge is 0.269 e. The number of benzene rings is 1. The first kappa shape index (κ1) is 18.1. The molecule has 24 heavy (non-hydrogen) atoms. The predicted molar refractivity (Wildman–Crippen MR) is 91.0 cm³/mol. The second kappa shape index (κ2) is 8.02. The number of hydrogen-bond acceptors (Lipinski definition) is 4. The van der Waals surface area contributed by atoms with Crippen molar-refractivity contribution in [1.82, 2.24) is 16.2 Å². The van der Waals surface area contributed by atoms with Crippen molar-refractivity contribution in [2.75, 3.05) is 0 Å². The van der Waals surface area contributed by atoms with Crippen molar-refractivity contribution in [1.29, 1.82) is 0 Å². The average Bonchev–Trinajstić information content (AvgIpc) is 2.99. The van der Waals surface area contributed by atoms with Crippen LogP contribution in [0.5, 0.6) is 0 Å². The Hall–Kier alpha value is -2.26. The first-order valence-corrected chi connectivity index (χ1v) is 8.39. The molecule has 1 unspecified atom stereocenters. The molecule has 0 aliphatic heterocycles. The van der Waals surface area contributed by atoms with Crippen LogP contribution in [0.25, 0.3) is 0 Å². The number of hydrogen-bond donors (Lipinski definition) is 3. The number of amides is 3. The van der Waals surface area contributed by atoms with Gasteiger partial charge in [-0.2, -0.15) is 0 Å². The Bertz CT molecular complexity index is 764. The van der Waals surface area contributed by atoms with Gasteiger partial charge in [-0.15, -0.1) is 11.3 Å². The molecule has 3 amide bonds. The van der Waals surface area contributed by atoms with Crippen LogP contribution in [0.2, 0.25) is 0 Å². The molecule has 1 atom stereocenters. The van der Waals surface area contributed by atoms with Crippen LogP contribution in [-0.4, -0.2) is 23.8 Å². The molecule has 126 valence electrons. The van der Waals surface area contributed by atoms with Gasteiger partial charge in [0.05, 0.1) is 8.66 Å². The van der Waals surface area contributed by atoms with Gasteiger partial charge in [-0.05, 0) is 59.3 Å². The third-order valence-electron chi connectivity index (χ3n) is 2.94. The van der Waals surface area contributed by atoms with E-state index in [4.69, 9.17) is 0 Å². The van der Waals surface area contributed by atoms with E-state index in [9.17, 15) is 18.8 Å². The second-order valence-electron chi connectivity index (χ2n) is 4.75. The summed E-state index contributed by atoms with van der Waals surface area (Å²) in [6, 6.07) is 7.36. The molecule has 3 N–H and O–H groups in total. The van der Waals surface area contributed by atoms with E-state index in [1.807, 2.05) is 0 Å². The molecule has 1 aromatic carbocycles. The van der Waals surface area contributed by atoms with Gasteiger partial charge in [-0.3, -0.25) is 25.2 Å². The van der Waals surface area contributed by atoms with Gasteiger partial charge >= 0.3 is 0 Å². The Balaban J connectivity index is 1.84. The van der Waals surface area contributed by atoms with Gasteiger partial charge in [0.2, 0.25) is 0 Å². The summed E-state index contributed by atoms with van der Waals surface area (Å²) >= 11 is 4.49. The van der Waals surface area contributed by atoms with Crippen molar-refractivity contribution in [3.63, 3.8) is 0 Å². The Labute approximate surface area is 149 Å². The number of carbonyl (C=O) groups excluding carboxylic acids is 3. The maximum Gasteiger partial charge on any atom is 0.269 e. The SMILES string of the molecule is CC(NC(=O)c1ccc(Br)s1)C(=O)NNC(=O)c1ccc(F)cc1. The minimum atomic E-state index is -0.855. The predicted octanol–water partition coefficient (Wildman–Crippen LogP) is 2.23. The van der Waals surface area contributed by atoms with Crippen LogP contribution < -0.4 is 16.2 Å². The van der Waals surface area contributed by atoms with Crippen LogP contribution in [-0.2, 0) is 4.79 Å². The number of halogens is 2. The number of rotatable bonds is 4. The van der Waals surface area contributed by atoms with Crippen LogP contribution >= 0.6 is 27.3 Å². The van der Waals surface area contributed by atoms with Crippen molar-refractivity contribution < 1.29 is 18.8 Å². The summed E-state index contributed by atoms with van der Waals surface area (Å²) in [4.78, 5) is 36.1. The zero-order valence-corrected chi connectivity index (χ0v) is 14.8. The van der Waals surface area contributed by atoms with E-state index in [1.54, 1.807) is 12.1 Å². The summed E-state index contributed by atoms with van der Waals surface area (Å²) in [5, 5.41) is 2.52. The van der Waals surface area contributed by atoms with Crippen LogP contribution in [0.15, 0.2) is 40.2 Å². The molecule has 0 fully saturated rings. The van der Waals surface area contributed by atoms with Crippen LogP contribution in [0, 0.1) is 5.82 Å². The summed E-state index contributed by atoms with van der Waals surface area (Å²) in [6.45, 7) is 1.49. The fraction of sp³-hybridized carbons (Fsp3) is 0.133. The zero-order chi connectivity index (χ0) is 17.7. The van der Waals surface area contributed by atoms with Gasteiger partial charge in [0, 0.05) is 5.56 Å². The summed E-state index contributed by atoms with van der Waals surface area (Å²) in [7, 11) is 0. The van der Waals surface area contributed by atoms with E-state index in [0.29, 0.717) is 4.88 Å². The van der Waals surface area contributed by atoms with Crippen LogP contribution in [0.4, 0.5) is 4.39 Å². The quantitative estimate of drug-likeness (QED) is 0.671. The third-order valence-corrected chi connectivity index (χ3v) is 4.57. The van der Waals surface area contributed by atoms with Crippen LogP contribution in [0.3, 0.4) is 0 Å². The van der Waals surface area contributed by atoms with Gasteiger partial charge in [-0.25, -0.2) is 4.39 Å². The van der Waals surface area contributed by atoms with E-state index < -0.39 is 29.6 Å².